The van der Waals surface area contributed by atoms with Gasteiger partial charge in [0.05, 0.1) is 5.60 Å². The van der Waals surface area contributed by atoms with Crippen LogP contribution in [0, 0.1) is 5.82 Å². The molecule has 6 heteroatoms. The highest BCUT2D eigenvalue weighted by Crippen LogP contribution is 2.27. The third-order valence-electron chi connectivity index (χ3n) is 3.93. The lowest BCUT2D eigenvalue weighted by molar-refractivity contribution is 0.00467. The van der Waals surface area contributed by atoms with Gasteiger partial charge in [0.15, 0.2) is 5.84 Å². The van der Waals surface area contributed by atoms with Crippen LogP contribution in [0.3, 0.4) is 0 Å². The quantitative estimate of drug-likeness (QED) is 0.288. The van der Waals surface area contributed by atoms with Gasteiger partial charge in [-0.15, -0.1) is 0 Å². The van der Waals surface area contributed by atoms with Gasteiger partial charge in [0.2, 0.25) is 0 Å². The molecule has 0 saturated heterocycles. The van der Waals surface area contributed by atoms with Gasteiger partial charge in [0, 0.05) is 18.7 Å². The fraction of sp³-hybridized carbons (Fsp3) is 0.533. The summed E-state index contributed by atoms with van der Waals surface area (Å²) in [6, 6.07) is 4.27. The van der Waals surface area contributed by atoms with E-state index >= 15 is 0 Å². The van der Waals surface area contributed by atoms with E-state index < -0.39 is 11.4 Å². The second-order valence-electron chi connectivity index (χ2n) is 5.72. The number of nitrogens with zero attached hydrogens (tertiary/aromatic N) is 1. The Bertz CT molecular complexity index is 514. The summed E-state index contributed by atoms with van der Waals surface area (Å²) in [5.74, 6) is -0.561. The molecule has 5 N–H and O–H groups in total. The van der Waals surface area contributed by atoms with Gasteiger partial charge in [-0.3, -0.25) is 0 Å². The summed E-state index contributed by atoms with van der Waals surface area (Å²) in [6.45, 7) is 0.911. The number of oxime groups is 1. The number of hydrogen-bond donors (Lipinski definition) is 4. The van der Waals surface area contributed by atoms with Crippen LogP contribution >= 0.6 is 0 Å². The summed E-state index contributed by atoms with van der Waals surface area (Å²) in [6.07, 6.45) is 4.88. The molecule has 0 bridgehead atoms. The van der Waals surface area contributed by atoms with E-state index in [-0.39, 0.29) is 5.84 Å². The minimum atomic E-state index is -0.653. The molecule has 1 aliphatic carbocycles. The van der Waals surface area contributed by atoms with Crippen LogP contribution in [0.5, 0.6) is 0 Å². The van der Waals surface area contributed by atoms with Crippen molar-refractivity contribution in [1.82, 2.24) is 5.32 Å². The van der Waals surface area contributed by atoms with Crippen molar-refractivity contribution in [2.24, 2.45) is 10.9 Å². The van der Waals surface area contributed by atoms with Crippen molar-refractivity contribution in [3.8, 4) is 0 Å². The minimum absolute atomic E-state index is 0.123. The first-order valence-electron chi connectivity index (χ1n) is 7.23. The molecule has 0 unspecified atom stereocenters. The fourth-order valence-electron chi connectivity index (χ4n) is 2.78. The van der Waals surface area contributed by atoms with Crippen LogP contribution < -0.4 is 11.1 Å². The summed E-state index contributed by atoms with van der Waals surface area (Å²) in [5, 5.41) is 25.1. The van der Waals surface area contributed by atoms with Crippen LogP contribution in [-0.4, -0.2) is 28.3 Å². The smallest absolute Gasteiger partial charge is 0.170 e. The monoisotopic (exact) mass is 295 g/mol. The first-order chi connectivity index (χ1) is 10.0. The maximum Gasteiger partial charge on any atom is 0.170 e. The van der Waals surface area contributed by atoms with Crippen molar-refractivity contribution in [3.05, 3.63) is 35.1 Å². The normalized spacial score (nSPS) is 18.7. The first kappa shape index (κ1) is 15.7. The highest BCUT2D eigenvalue weighted by Gasteiger charge is 2.28. The van der Waals surface area contributed by atoms with Crippen LogP contribution in [0.1, 0.15) is 43.2 Å². The lowest BCUT2D eigenvalue weighted by Crippen LogP contribution is -2.41. The third kappa shape index (κ3) is 4.41. The third-order valence-corrected chi connectivity index (χ3v) is 3.93. The number of hydrogen-bond acceptors (Lipinski definition) is 4. The van der Waals surface area contributed by atoms with Gasteiger partial charge in [0.25, 0.3) is 0 Å². The summed E-state index contributed by atoms with van der Waals surface area (Å²) in [7, 11) is 0. The van der Waals surface area contributed by atoms with Crippen molar-refractivity contribution in [1.29, 1.82) is 0 Å². The molecule has 1 fully saturated rings. The summed E-state index contributed by atoms with van der Waals surface area (Å²) in [4.78, 5) is 0. The maximum absolute atomic E-state index is 13.5. The maximum atomic E-state index is 13.5. The van der Waals surface area contributed by atoms with Crippen LogP contribution in [0.4, 0.5) is 4.39 Å². The zero-order chi connectivity index (χ0) is 15.3. The van der Waals surface area contributed by atoms with E-state index in [2.05, 4.69) is 10.5 Å². The van der Waals surface area contributed by atoms with Gasteiger partial charge in [0.1, 0.15) is 5.82 Å². The van der Waals surface area contributed by atoms with E-state index in [9.17, 15) is 9.50 Å². The van der Waals surface area contributed by atoms with E-state index in [0.29, 0.717) is 24.2 Å². The van der Waals surface area contributed by atoms with Crippen molar-refractivity contribution >= 4 is 5.84 Å². The Kier molecular flexibility index (Phi) is 5.14. The van der Waals surface area contributed by atoms with E-state index in [4.69, 9.17) is 10.9 Å². The molecule has 1 aromatic rings. The Morgan fingerprint density at radius 3 is 2.67 bits per heavy atom. The van der Waals surface area contributed by atoms with Crippen molar-refractivity contribution in [2.75, 3.05) is 6.54 Å². The van der Waals surface area contributed by atoms with Crippen LogP contribution in [0.25, 0.3) is 0 Å². The van der Waals surface area contributed by atoms with E-state index in [0.717, 1.165) is 25.7 Å². The number of rotatable bonds is 5. The number of aliphatic hydroxyl groups is 1. The highest BCUT2D eigenvalue weighted by molar-refractivity contribution is 5.97. The molecule has 0 aliphatic heterocycles. The van der Waals surface area contributed by atoms with E-state index in [1.807, 2.05) is 0 Å². The molecule has 0 heterocycles. The fourth-order valence-corrected chi connectivity index (χ4v) is 2.78. The Labute approximate surface area is 123 Å². The molecule has 1 saturated carbocycles. The summed E-state index contributed by atoms with van der Waals surface area (Å²) < 4.78 is 13.5. The average molecular weight is 295 g/mol. The number of halogens is 1. The molecule has 0 spiro atoms. The molecule has 1 aromatic carbocycles. The SMILES string of the molecule is N/C(=N/O)c1cc(F)cc(CNCC2(O)CCCCC2)c1. The predicted octanol–water partition coefficient (Wildman–Crippen LogP) is 1.70. The second-order valence-corrected chi connectivity index (χ2v) is 5.72. The first-order valence-corrected chi connectivity index (χ1v) is 7.23. The molecule has 1 aliphatic rings. The van der Waals surface area contributed by atoms with E-state index in [1.54, 1.807) is 6.07 Å². The summed E-state index contributed by atoms with van der Waals surface area (Å²) in [5.41, 5.74) is 5.85. The Morgan fingerprint density at radius 2 is 2.00 bits per heavy atom. The van der Waals surface area contributed by atoms with Crippen LogP contribution in [-0.2, 0) is 6.54 Å². The van der Waals surface area contributed by atoms with Gasteiger partial charge >= 0.3 is 0 Å². The molecule has 0 atom stereocenters. The molecule has 2 rings (SSSR count). The zero-order valence-corrected chi connectivity index (χ0v) is 12.0. The number of amidine groups is 1. The van der Waals surface area contributed by atoms with Crippen LogP contribution in [0.2, 0.25) is 0 Å². The number of nitrogens with two attached hydrogens (primary N) is 1. The molecular weight excluding hydrogens is 273 g/mol. The van der Waals surface area contributed by atoms with Crippen molar-refractivity contribution in [2.45, 2.75) is 44.2 Å². The largest absolute Gasteiger partial charge is 0.409 e. The van der Waals surface area contributed by atoms with Gasteiger partial charge in [-0.1, -0.05) is 24.4 Å². The Balaban J connectivity index is 1.95. The number of nitrogens with one attached hydrogen (secondary N) is 1. The zero-order valence-electron chi connectivity index (χ0n) is 12.0. The topological polar surface area (TPSA) is 90.9 Å². The molecule has 116 valence electrons. The summed E-state index contributed by atoms with van der Waals surface area (Å²) >= 11 is 0. The van der Waals surface area contributed by atoms with Gasteiger partial charge in [-0.25, -0.2) is 4.39 Å². The Morgan fingerprint density at radius 1 is 1.29 bits per heavy atom. The molecular formula is C15H22FN3O2. The van der Waals surface area contributed by atoms with E-state index in [1.165, 1.54) is 18.6 Å². The van der Waals surface area contributed by atoms with Gasteiger partial charge in [-0.2, -0.15) is 0 Å². The highest BCUT2D eigenvalue weighted by atomic mass is 19.1. The molecule has 0 radical (unpaired) electrons. The van der Waals surface area contributed by atoms with Gasteiger partial charge in [-0.05, 0) is 36.6 Å². The van der Waals surface area contributed by atoms with Crippen molar-refractivity contribution in [3.63, 3.8) is 0 Å². The average Bonchev–Trinajstić information content (AvgIpc) is 2.46. The standard InChI is InChI=1S/C15H22FN3O2/c16-13-7-11(6-12(8-13)14(17)19-21)9-18-10-15(20)4-2-1-3-5-15/h6-8,18,20-21H,1-5,9-10H2,(H2,17,19). The number of benzene rings is 1. The second kappa shape index (κ2) is 6.87. The lowest BCUT2D eigenvalue weighted by Gasteiger charge is -2.32. The predicted molar refractivity (Wildman–Crippen MR) is 78.7 cm³/mol. The molecule has 0 amide bonds. The van der Waals surface area contributed by atoms with Crippen molar-refractivity contribution < 1.29 is 14.7 Å². The molecule has 21 heavy (non-hydrogen) atoms. The molecule has 5 nitrogen and oxygen atoms in total. The molecule has 0 aromatic heterocycles. The lowest BCUT2D eigenvalue weighted by atomic mass is 9.85. The van der Waals surface area contributed by atoms with Crippen LogP contribution in [0.15, 0.2) is 23.4 Å². The van der Waals surface area contributed by atoms with Gasteiger partial charge < -0.3 is 21.4 Å². The Hall–Kier alpha value is -1.66. The minimum Gasteiger partial charge on any atom is -0.409 e.